The molecule has 0 N–H and O–H groups in total. The van der Waals surface area contributed by atoms with Gasteiger partial charge in [-0.15, -0.1) is 0 Å². The van der Waals surface area contributed by atoms with Gasteiger partial charge in [0, 0.05) is 23.4 Å². The molecule has 1 aromatic heterocycles. The summed E-state index contributed by atoms with van der Waals surface area (Å²) in [6, 6.07) is 8.13. The van der Waals surface area contributed by atoms with Gasteiger partial charge in [-0.25, -0.2) is 9.97 Å². The summed E-state index contributed by atoms with van der Waals surface area (Å²) in [5, 5.41) is 10.5. The topological polar surface area (TPSA) is 68.9 Å². The molecule has 0 atom stereocenters. The Morgan fingerprint density at radius 1 is 1.19 bits per heavy atom. The smallest absolute Gasteiger partial charge is 0.258 e. The van der Waals surface area contributed by atoms with Crippen molar-refractivity contribution in [3.8, 4) is 11.3 Å². The lowest BCUT2D eigenvalue weighted by Gasteiger charge is -2.00. The maximum absolute atomic E-state index is 10.5. The number of nitrogens with zero attached hydrogens (tertiary/aromatic N) is 3. The van der Waals surface area contributed by atoms with Gasteiger partial charge < -0.3 is 0 Å². The van der Waals surface area contributed by atoms with Gasteiger partial charge in [0.25, 0.3) is 5.69 Å². The minimum atomic E-state index is -0.422. The first-order chi connectivity index (χ1) is 7.66. The van der Waals surface area contributed by atoms with Crippen molar-refractivity contribution >= 4 is 5.69 Å². The second-order valence-corrected chi connectivity index (χ2v) is 3.35. The second kappa shape index (κ2) is 4.06. The average Bonchev–Trinajstić information content (AvgIpc) is 2.29. The summed E-state index contributed by atoms with van der Waals surface area (Å²) >= 11 is 0. The molecule has 1 aromatic carbocycles. The van der Waals surface area contributed by atoms with Gasteiger partial charge in [-0.1, -0.05) is 0 Å². The van der Waals surface area contributed by atoms with Gasteiger partial charge in [-0.05, 0) is 25.1 Å². The molecule has 2 aromatic rings. The van der Waals surface area contributed by atoms with Gasteiger partial charge in [0.2, 0.25) is 0 Å². The molecule has 0 saturated heterocycles. The molecule has 0 aliphatic heterocycles. The van der Waals surface area contributed by atoms with Crippen molar-refractivity contribution < 1.29 is 4.92 Å². The summed E-state index contributed by atoms with van der Waals surface area (Å²) in [4.78, 5) is 18.2. The Kier molecular flexibility index (Phi) is 2.59. The van der Waals surface area contributed by atoms with Gasteiger partial charge in [0.1, 0.15) is 6.33 Å². The first-order valence-corrected chi connectivity index (χ1v) is 4.70. The van der Waals surface area contributed by atoms with Crippen LogP contribution in [-0.4, -0.2) is 14.9 Å². The molecule has 16 heavy (non-hydrogen) atoms. The Balaban J connectivity index is 2.38. The van der Waals surface area contributed by atoms with Crippen LogP contribution in [0.1, 0.15) is 5.69 Å². The highest BCUT2D eigenvalue weighted by molar-refractivity contribution is 5.60. The molecule has 80 valence electrons. The highest BCUT2D eigenvalue weighted by Gasteiger charge is 2.05. The highest BCUT2D eigenvalue weighted by atomic mass is 16.6. The van der Waals surface area contributed by atoms with Crippen LogP contribution in [-0.2, 0) is 0 Å². The van der Waals surface area contributed by atoms with E-state index in [1.54, 1.807) is 12.1 Å². The van der Waals surface area contributed by atoms with E-state index in [2.05, 4.69) is 9.97 Å². The number of hydrogen-bond acceptors (Lipinski definition) is 4. The van der Waals surface area contributed by atoms with Gasteiger partial charge in [0.15, 0.2) is 0 Å². The van der Waals surface area contributed by atoms with Crippen molar-refractivity contribution in [1.29, 1.82) is 0 Å². The van der Waals surface area contributed by atoms with E-state index in [-0.39, 0.29) is 5.69 Å². The van der Waals surface area contributed by atoms with E-state index >= 15 is 0 Å². The fraction of sp³-hybridized carbons (Fsp3) is 0.0909. The van der Waals surface area contributed by atoms with Crippen LogP contribution in [0.2, 0.25) is 0 Å². The maximum atomic E-state index is 10.5. The molecule has 0 unspecified atom stereocenters. The quantitative estimate of drug-likeness (QED) is 0.569. The fourth-order valence-electron chi connectivity index (χ4n) is 1.37. The molecule has 0 radical (unpaired) electrons. The Labute approximate surface area is 91.9 Å². The largest absolute Gasteiger partial charge is 0.269 e. The second-order valence-electron chi connectivity index (χ2n) is 3.35. The molecule has 0 bridgehead atoms. The Morgan fingerprint density at radius 2 is 1.88 bits per heavy atom. The molecule has 0 fully saturated rings. The van der Waals surface area contributed by atoms with Crippen molar-refractivity contribution in [3.05, 3.63) is 52.5 Å². The average molecular weight is 215 g/mol. The number of hydrogen-bond donors (Lipinski definition) is 0. The molecule has 2 rings (SSSR count). The monoisotopic (exact) mass is 215 g/mol. The normalized spacial score (nSPS) is 10.1. The van der Waals surface area contributed by atoms with E-state index in [0.717, 1.165) is 17.0 Å². The van der Waals surface area contributed by atoms with Crippen LogP contribution in [0.15, 0.2) is 36.7 Å². The molecule has 5 heteroatoms. The summed E-state index contributed by atoms with van der Waals surface area (Å²) in [6.45, 7) is 1.87. The van der Waals surface area contributed by atoms with Crippen LogP contribution in [0.25, 0.3) is 11.3 Å². The lowest BCUT2D eigenvalue weighted by Crippen LogP contribution is -1.90. The molecule has 0 saturated carbocycles. The van der Waals surface area contributed by atoms with E-state index < -0.39 is 4.92 Å². The lowest BCUT2D eigenvalue weighted by atomic mass is 10.1. The molecule has 0 spiro atoms. The van der Waals surface area contributed by atoms with E-state index in [0.29, 0.717) is 0 Å². The third-order valence-electron chi connectivity index (χ3n) is 2.18. The number of aryl methyl sites for hydroxylation is 1. The first kappa shape index (κ1) is 10.2. The Morgan fingerprint density at radius 3 is 2.44 bits per heavy atom. The van der Waals surface area contributed by atoms with Crippen molar-refractivity contribution in [3.63, 3.8) is 0 Å². The molecule has 0 aliphatic carbocycles. The summed E-state index contributed by atoms with van der Waals surface area (Å²) < 4.78 is 0. The zero-order chi connectivity index (χ0) is 11.5. The van der Waals surface area contributed by atoms with Crippen molar-refractivity contribution in [2.45, 2.75) is 6.92 Å². The van der Waals surface area contributed by atoms with Crippen molar-refractivity contribution in [2.24, 2.45) is 0 Å². The van der Waals surface area contributed by atoms with Crippen molar-refractivity contribution in [1.82, 2.24) is 9.97 Å². The zero-order valence-electron chi connectivity index (χ0n) is 8.62. The number of nitro benzene ring substituents is 1. The third kappa shape index (κ3) is 2.03. The molecule has 5 nitrogen and oxygen atoms in total. The van der Waals surface area contributed by atoms with Crippen LogP contribution >= 0.6 is 0 Å². The number of benzene rings is 1. The SMILES string of the molecule is Cc1cc(-c2ccc([N+](=O)[O-])cc2)ncn1. The molecule has 1 heterocycles. The van der Waals surface area contributed by atoms with Crippen LogP contribution in [0.5, 0.6) is 0 Å². The predicted octanol–water partition coefficient (Wildman–Crippen LogP) is 2.36. The summed E-state index contributed by atoms with van der Waals surface area (Å²) in [6.07, 6.45) is 1.48. The summed E-state index contributed by atoms with van der Waals surface area (Å²) in [5.41, 5.74) is 2.55. The van der Waals surface area contributed by atoms with E-state index in [4.69, 9.17) is 0 Å². The molecular weight excluding hydrogens is 206 g/mol. The first-order valence-electron chi connectivity index (χ1n) is 4.70. The number of non-ortho nitro benzene ring substituents is 1. The van der Waals surface area contributed by atoms with Gasteiger partial charge in [0.05, 0.1) is 10.6 Å². The van der Waals surface area contributed by atoms with E-state index in [1.807, 2.05) is 13.0 Å². The standard InChI is InChI=1S/C11H9N3O2/c1-8-6-11(13-7-12-8)9-2-4-10(5-3-9)14(15)16/h2-7H,1H3. The van der Waals surface area contributed by atoms with Gasteiger partial charge in [-0.3, -0.25) is 10.1 Å². The zero-order valence-corrected chi connectivity index (χ0v) is 8.62. The van der Waals surface area contributed by atoms with Gasteiger partial charge in [-0.2, -0.15) is 0 Å². The predicted molar refractivity (Wildman–Crippen MR) is 58.9 cm³/mol. The van der Waals surface area contributed by atoms with Crippen LogP contribution < -0.4 is 0 Å². The maximum Gasteiger partial charge on any atom is 0.269 e. The van der Waals surface area contributed by atoms with Crippen LogP contribution in [0.3, 0.4) is 0 Å². The van der Waals surface area contributed by atoms with Crippen LogP contribution in [0.4, 0.5) is 5.69 Å². The molecule has 0 aliphatic rings. The minimum absolute atomic E-state index is 0.0783. The van der Waals surface area contributed by atoms with Crippen LogP contribution in [0, 0.1) is 17.0 Å². The number of rotatable bonds is 2. The Hall–Kier alpha value is -2.30. The molecular formula is C11H9N3O2. The van der Waals surface area contributed by atoms with Crippen molar-refractivity contribution in [2.75, 3.05) is 0 Å². The summed E-state index contributed by atoms with van der Waals surface area (Å²) in [7, 11) is 0. The molecule has 0 amide bonds. The Bertz CT molecular complexity index is 523. The number of aromatic nitrogens is 2. The summed E-state index contributed by atoms with van der Waals surface area (Å²) in [5.74, 6) is 0. The minimum Gasteiger partial charge on any atom is -0.258 e. The fourth-order valence-corrected chi connectivity index (χ4v) is 1.37. The third-order valence-corrected chi connectivity index (χ3v) is 2.18. The van der Waals surface area contributed by atoms with E-state index in [9.17, 15) is 10.1 Å². The van der Waals surface area contributed by atoms with Gasteiger partial charge >= 0.3 is 0 Å². The highest BCUT2D eigenvalue weighted by Crippen LogP contribution is 2.20. The number of nitro groups is 1. The van der Waals surface area contributed by atoms with E-state index in [1.165, 1.54) is 18.5 Å². The lowest BCUT2D eigenvalue weighted by molar-refractivity contribution is -0.384.